The number of nitrogens with one attached hydrogen (secondary N) is 1. The van der Waals surface area contributed by atoms with Crippen molar-refractivity contribution in [3.05, 3.63) is 39.9 Å². The Labute approximate surface area is 129 Å². The van der Waals surface area contributed by atoms with Gasteiger partial charge in [-0.1, -0.05) is 27.6 Å². The number of hydrazine groups is 1. The molecule has 0 saturated heterocycles. The highest BCUT2D eigenvalue weighted by molar-refractivity contribution is 9.10. The topological polar surface area (TPSA) is 47.3 Å². The van der Waals surface area contributed by atoms with Crippen molar-refractivity contribution in [2.45, 2.75) is 44.6 Å². The Kier molecular flexibility index (Phi) is 6.07. The maximum atomic E-state index is 5.73. The molecule has 0 bridgehead atoms. The summed E-state index contributed by atoms with van der Waals surface area (Å²) in [6.45, 7) is 0. The summed E-state index contributed by atoms with van der Waals surface area (Å²) < 4.78 is 6.40. The third-order valence-electron chi connectivity index (χ3n) is 3.85. The van der Waals surface area contributed by atoms with E-state index in [4.69, 9.17) is 10.6 Å². The second-order valence-corrected chi connectivity index (χ2v) is 6.19. The minimum Gasteiger partial charge on any atom is -0.497 e. The molecule has 20 heavy (non-hydrogen) atoms. The zero-order valence-corrected chi connectivity index (χ0v) is 13.6. The van der Waals surface area contributed by atoms with E-state index in [0.717, 1.165) is 23.1 Å². The first-order valence-corrected chi connectivity index (χ1v) is 7.98. The molecule has 0 heterocycles. The van der Waals surface area contributed by atoms with Gasteiger partial charge in [-0.3, -0.25) is 11.3 Å². The van der Waals surface area contributed by atoms with E-state index < -0.39 is 0 Å². The summed E-state index contributed by atoms with van der Waals surface area (Å²) in [6.07, 6.45) is 9.38. The fraction of sp³-hybridized carbons (Fsp3) is 0.500. The van der Waals surface area contributed by atoms with E-state index in [-0.39, 0.29) is 6.04 Å². The molecule has 1 aliphatic rings. The van der Waals surface area contributed by atoms with Crippen LogP contribution in [0.3, 0.4) is 0 Å². The molecule has 1 unspecified atom stereocenters. The van der Waals surface area contributed by atoms with Gasteiger partial charge in [0.25, 0.3) is 0 Å². The number of rotatable bonds is 6. The minimum absolute atomic E-state index is 0.266. The van der Waals surface area contributed by atoms with Crippen molar-refractivity contribution in [3.8, 4) is 5.75 Å². The fourth-order valence-corrected chi connectivity index (χ4v) is 3.11. The molecular weight excluding hydrogens is 316 g/mol. The first-order chi connectivity index (χ1) is 9.72. The van der Waals surface area contributed by atoms with E-state index >= 15 is 0 Å². The van der Waals surface area contributed by atoms with Gasteiger partial charge in [0.15, 0.2) is 0 Å². The lowest BCUT2D eigenvalue weighted by molar-refractivity contribution is 0.413. The zero-order valence-electron chi connectivity index (χ0n) is 12.0. The first-order valence-electron chi connectivity index (χ1n) is 7.19. The molecule has 0 spiro atoms. The van der Waals surface area contributed by atoms with Crippen LogP contribution in [0.4, 0.5) is 0 Å². The standard InChI is InChI=1S/C16H23BrN2O/c1-20-15-7-8-16(17)13(11-15)10-14(19-18)9-12-5-3-2-4-6-12/h5,7-8,11,14,19H,2-4,6,9-10,18H2,1H3. The van der Waals surface area contributed by atoms with Crippen LogP contribution in [-0.2, 0) is 6.42 Å². The molecule has 3 nitrogen and oxygen atoms in total. The maximum absolute atomic E-state index is 5.73. The molecule has 0 amide bonds. The van der Waals surface area contributed by atoms with Crippen LogP contribution in [0.15, 0.2) is 34.3 Å². The van der Waals surface area contributed by atoms with E-state index in [1.807, 2.05) is 12.1 Å². The van der Waals surface area contributed by atoms with Gasteiger partial charge in [0.05, 0.1) is 7.11 Å². The van der Waals surface area contributed by atoms with Crippen LogP contribution >= 0.6 is 15.9 Å². The lowest BCUT2D eigenvalue weighted by atomic mass is 9.92. The predicted octanol–water partition coefficient (Wildman–Crippen LogP) is 3.72. The SMILES string of the molecule is COc1ccc(Br)c(CC(CC2=CCCCC2)NN)c1. The Morgan fingerprint density at radius 1 is 1.35 bits per heavy atom. The van der Waals surface area contributed by atoms with Crippen LogP contribution in [0, 0.1) is 0 Å². The minimum atomic E-state index is 0.266. The Hall–Kier alpha value is -0.840. The normalized spacial score (nSPS) is 16.6. The molecule has 4 heteroatoms. The number of benzene rings is 1. The molecular formula is C16H23BrN2O. The van der Waals surface area contributed by atoms with E-state index in [2.05, 4.69) is 33.5 Å². The molecule has 1 atom stereocenters. The molecule has 1 aliphatic carbocycles. The van der Waals surface area contributed by atoms with Crippen molar-refractivity contribution in [2.75, 3.05) is 7.11 Å². The van der Waals surface area contributed by atoms with Crippen molar-refractivity contribution in [3.63, 3.8) is 0 Å². The molecule has 0 fully saturated rings. The molecule has 0 radical (unpaired) electrons. The van der Waals surface area contributed by atoms with E-state index in [1.54, 1.807) is 12.7 Å². The average Bonchev–Trinajstić information content (AvgIpc) is 2.49. The summed E-state index contributed by atoms with van der Waals surface area (Å²) in [5.74, 6) is 6.62. The maximum Gasteiger partial charge on any atom is 0.119 e. The summed E-state index contributed by atoms with van der Waals surface area (Å²) in [6, 6.07) is 6.33. The smallest absolute Gasteiger partial charge is 0.119 e. The van der Waals surface area contributed by atoms with Gasteiger partial charge in [0, 0.05) is 10.5 Å². The van der Waals surface area contributed by atoms with Crippen LogP contribution < -0.4 is 16.0 Å². The number of nitrogens with two attached hydrogens (primary N) is 1. The largest absolute Gasteiger partial charge is 0.497 e. The average molecular weight is 339 g/mol. The highest BCUT2D eigenvalue weighted by atomic mass is 79.9. The highest BCUT2D eigenvalue weighted by Gasteiger charge is 2.14. The van der Waals surface area contributed by atoms with E-state index in [1.165, 1.54) is 31.2 Å². The molecule has 2 rings (SSSR count). The van der Waals surface area contributed by atoms with Gasteiger partial charge in [-0.05, 0) is 62.3 Å². The Bertz CT molecular complexity index is 474. The number of allylic oxidation sites excluding steroid dienone is 1. The van der Waals surface area contributed by atoms with Crippen LogP contribution in [0.25, 0.3) is 0 Å². The summed E-state index contributed by atoms with van der Waals surface area (Å²) >= 11 is 3.60. The summed E-state index contributed by atoms with van der Waals surface area (Å²) in [7, 11) is 1.69. The van der Waals surface area contributed by atoms with Crippen molar-refractivity contribution in [2.24, 2.45) is 5.84 Å². The van der Waals surface area contributed by atoms with Gasteiger partial charge in [-0.2, -0.15) is 0 Å². The number of hydrogen-bond acceptors (Lipinski definition) is 3. The van der Waals surface area contributed by atoms with Crippen LogP contribution in [0.2, 0.25) is 0 Å². The molecule has 0 saturated carbocycles. The van der Waals surface area contributed by atoms with Gasteiger partial charge >= 0.3 is 0 Å². The monoisotopic (exact) mass is 338 g/mol. The number of methoxy groups -OCH3 is 1. The lowest BCUT2D eigenvalue weighted by Gasteiger charge is -2.21. The van der Waals surface area contributed by atoms with Crippen molar-refractivity contribution in [1.29, 1.82) is 0 Å². The van der Waals surface area contributed by atoms with Crippen LogP contribution in [-0.4, -0.2) is 13.2 Å². The Morgan fingerprint density at radius 2 is 2.20 bits per heavy atom. The summed E-state index contributed by atoms with van der Waals surface area (Å²) in [5.41, 5.74) is 5.73. The lowest BCUT2D eigenvalue weighted by Crippen LogP contribution is -2.37. The predicted molar refractivity (Wildman–Crippen MR) is 86.7 cm³/mol. The highest BCUT2D eigenvalue weighted by Crippen LogP contribution is 2.26. The number of halogens is 1. The van der Waals surface area contributed by atoms with Gasteiger partial charge in [0.2, 0.25) is 0 Å². The molecule has 110 valence electrons. The summed E-state index contributed by atoms with van der Waals surface area (Å²) in [5, 5.41) is 0. The van der Waals surface area contributed by atoms with Gasteiger partial charge in [-0.15, -0.1) is 0 Å². The molecule has 0 aromatic heterocycles. The third-order valence-corrected chi connectivity index (χ3v) is 4.62. The number of ether oxygens (including phenoxy) is 1. The zero-order chi connectivity index (χ0) is 14.4. The molecule has 1 aromatic carbocycles. The van der Waals surface area contributed by atoms with Gasteiger partial charge in [-0.25, -0.2) is 0 Å². The van der Waals surface area contributed by atoms with Gasteiger partial charge < -0.3 is 4.74 Å². The molecule has 3 N–H and O–H groups in total. The van der Waals surface area contributed by atoms with Crippen molar-refractivity contribution < 1.29 is 4.74 Å². The second kappa shape index (κ2) is 7.81. The van der Waals surface area contributed by atoms with E-state index in [9.17, 15) is 0 Å². The quantitative estimate of drug-likeness (QED) is 0.472. The molecule has 0 aliphatic heterocycles. The summed E-state index contributed by atoms with van der Waals surface area (Å²) in [4.78, 5) is 0. The fourth-order valence-electron chi connectivity index (χ4n) is 2.70. The number of hydrogen-bond donors (Lipinski definition) is 2. The Balaban J connectivity index is 2.03. The first kappa shape index (κ1) is 15.5. The van der Waals surface area contributed by atoms with E-state index in [0.29, 0.717) is 0 Å². The third kappa shape index (κ3) is 4.33. The van der Waals surface area contributed by atoms with Crippen molar-refractivity contribution >= 4 is 15.9 Å². The Morgan fingerprint density at radius 3 is 2.85 bits per heavy atom. The van der Waals surface area contributed by atoms with Crippen LogP contribution in [0.1, 0.15) is 37.7 Å². The second-order valence-electron chi connectivity index (χ2n) is 5.34. The van der Waals surface area contributed by atoms with Gasteiger partial charge in [0.1, 0.15) is 5.75 Å². The van der Waals surface area contributed by atoms with Crippen molar-refractivity contribution in [1.82, 2.24) is 5.43 Å². The van der Waals surface area contributed by atoms with Crippen LogP contribution in [0.5, 0.6) is 5.75 Å². The molecule has 1 aromatic rings.